The highest BCUT2D eigenvalue weighted by Crippen LogP contribution is 1.97. The number of ether oxygens (including phenoxy) is 1. The molecular formula is C9H14O5. The molecule has 0 aromatic heterocycles. The SMILES string of the molecule is CCOC(=O)C(=O)CC(=O)CC(C)O. The van der Waals surface area contributed by atoms with E-state index < -0.39 is 30.1 Å². The van der Waals surface area contributed by atoms with Crippen molar-refractivity contribution in [1.29, 1.82) is 0 Å². The molecule has 5 nitrogen and oxygen atoms in total. The predicted octanol–water partition coefficient (Wildman–Crippen LogP) is -0.151. The lowest BCUT2D eigenvalue weighted by Gasteiger charge is -2.02. The van der Waals surface area contributed by atoms with Crippen LogP contribution in [0.3, 0.4) is 0 Å². The van der Waals surface area contributed by atoms with Crippen LogP contribution in [0.25, 0.3) is 0 Å². The number of rotatable bonds is 6. The Labute approximate surface area is 82.1 Å². The maximum Gasteiger partial charge on any atom is 0.375 e. The zero-order valence-electron chi connectivity index (χ0n) is 8.28. The van der Waals surface area contributed by atoms with Crippen LogP contribution in [0.15, 0.2) is 0 Å². The lowest BCUT2D eigenvalue weighted by Crippen LogP contribution is -2.22. The molecule has 1 N–H and O–H groups in total. The van der Waals surface area contributed by atoms with Gasteiger partial charge < -0.3 is 9.84 Å². The Kier molecular flexibility index (Phi) is 5.71. The number of carbonyl (C=O) groups is 3. The highest BCUT2D eigenvalue weighted by atomic mass is 16.5. The number of carbonyl (C=O) groups excluding carboxylic acids is 3. The number of Topliss-reactive ketones (excluding diaryl/α,β-unsaturated/α-hetero) is 2. The van der Waals surface area contributed by atoms with Crippen molar-refractivity contribution < 1.29 is 24.2 Å². The fourth-order valence-corrected chi connectivity index (χ4v) is 0.864. The summed E-state index contributed by atoms with van der Waals surface area (Å²) in [5, 5.41) is 8.83. The van der Waals surface area contributed by atoms with E-state index in [0.717, 1.165) is 0 Å². The van der Waals surface area contributed by atoms with Crippen molar-refractivity contribution in [2.45, 2.75) is 32.8 Å². The van der Waals surface area contributed by atoms with E-state index in [9.17, 15) is 14.4 Å². The van der Waals surface area contributed by atoms with E-state index in [2.05, 4.69) is 4.74 Å². The van der Waals surface area contributed by atoms with Gasteiger partial charge in [-0.1, -0.05) is 0 Å². The molecule has 0 aliphatic carbocycles. The Morgan fingerprint density at radius 3 is 2.36 bits per heavy atom. The van der Waals surface area contributed by atoms with Crippen molar-refractivity contribution >= 4 is 17.5 Å². The molecule has 80 valence electrons. The highest BCUT2D eigenvalue weighted by molar-refractivity contribution is 6.37. The van der Waals surface area contributed by atoms with Crippen molar-refractivity contribution in [3.8, 4) is 0 Å². The molecule has 5 heteroatoms. The molecule has 14 heavy (non-hydrogen) atoms. The summed E-state index contributed by atoms with van der Waals surface area (Å²) < 4.78 is 4.41. The Morgan fingerprint density at radius 2 is 1.93 bits per heavy atom. The van der Waals surface area contributed by atoms with Gasteiger partial charge in [0.1, 0.15) is 5.78 Å². The number of hydrogen-bond donors (Lipinski definition) is 1. The van der Waals surface area contributed by atoms with E-state index in [4.69, 9.17) is 5.11 Å². The number of aliphatic hydroxyl groups is 1. The second kappa shape index (κ2) is 6.26. The normalized spacial score (nSPS) is 11.9. The van der Waals surface area contributed by atoms with Crippen LogP contribution in [-0.4, -0.2) is 35.4 Å². The highest BCUT2D eigenvalue weighted by Gasteiger charge is 2.19. The zero-order chi connectivity index (χ0) is 11.1. The van der Waals surface area contributed by atoms with Crippen molar-refractivity contribution in [2.24, 2.45) is 0 Å². The molecular weight excluding hydrogens is 188 g/mol. The molecule has 0 amide bonds. The Bertz CT molecular complexity index is 231. The van der Waals surface area contributed by atoms with Crippen LogP contribution in [0, 0.1) is 0 Å². The zero-order valence-corrected chi connectivity index (χ0v) is 8.28. The molecule has 0 heterocycles. The van der Waals surface area contributed by atoms with Crippen molar-refractivity contribution in [3.05, 3.63) is 0 Å². The Balaban J connectivity index is 3.94. The lowest BCUT2D eigenvalue weighted by atomic mass is 10.1. The molecule has 0 bridgehead atoms. The molecule has 0 aliphatic rings. The first kappa shape index (κ1) is 12.8. The average Bonchev–Trinajstić information content (AvgIpc) is 2.02. The third-order valence-corrected chi connectivity index (χ3v) is 1.38. The Hall–Kier alpha value is -1.23. The molecule has 0 saturated carbocycles. The van der Waals surface area contributed by atoms with Gasteiger partial charge >= 0.3 is 5.97 Å². The monoisotopic (exact) mass is 202 g/mol. The van der Waals surface area contributed by atoms with E-state index in [-0.39, 0.29) is 13.0 Å². The molecule has 0 aliphatic heterocycles. The van der Waals surface area contributed by atoms with Gasteiger partial charge in [0.15, 0.2) is 0 Å². The number of hydrogen-bond acceptors (Lipinski definition) is 5. The lowest BCUT2D eigenvalue weighted by molar-refractivity contribution is -0.154. The van der Waals surface area contributed by atoms with E-state index >= 15 is 0 Å². The third-order valence-electron chi connectivity index (χ3n) is 1.38. The quantitative estimate of drug-likeness (QED) is 0.368. The topological polar surface area (TPSA) is 80.7 Å². The molecule has 0 rings (SSSR count). The minimum Gasteiger partial charge on any atom is -0.460 e. The molecule has 1 unspecified atom stereocenters. The van der Waals surface area contributed by atoms with Crippen molar-refractivity contribution in [3.63, 3.8) is 0 Å². The van der Waals surface area contributed by atoms with Crippen molar-refractivity contribution in [2.75, 3.05) is 6.61 Å². The van der Waals surface area contributed by atoms with Crippen LogP contribution in [0.5, 0.6) is 0 Å². The van der Waals surface area contributed by atoms with Gasteiger partial charge in [0.2, 0.25) is 5.78 Å². The largest absolute Gasteiger partial charge is 0.460 e. The first-order valence-electron chi connectivity index (χ1n) is 4.37. The van der Waals surface area contributed by atoms with Gasteiger partial charge in [-0.3, -0.25) is 9.59 Å². The van der Waals surface area contributed by atoms with Gasteiger partial charge in [-0.05, 0) is 13.8 Å². The molecule has 0 spiro atoms. The van der Waals surface area contributed by atoms with Gasteiger partial charge in [-0.2, -0.15) is 0 Å². The second-order valence-corrected chi connectivity index (χ2v) is 2.91. The van der Waals surface area contributed by atoms with E-state index in [1.54, 1.807) is 6.92 Å². The van der Waals surface area contributed by atoms with E-state index in [0.29, 0.717) is 0 Å². The molecule has 0 aromatic carbocycles. The number of ketones is 2. The van der Waals surface area contributed by atoms with Crippen LogP contribution in [0.4, 0.5) is 0 Å². The summed E-state index contributed by atoms with van der Waals surface area (Å²) in [5.74, 6) is -2.32. The van der Waals surface area contributed by atoms with E-state index in [1.165, 1.54) is 6.92 Å². The summed E-state index contributed by atoms with van der Waals surface area (Å²) in [6, 6.07) is 0. The molecule has 0 saturated heterocycles. The summed E-state index contributed by atoms with van der Waals surface area (Å²) in [6.07, 6.45) is -1.41. The summed E-state index contributed by atoms with van der Waals surface area (Å²) in [7, 11) is 0. The van der Waals surface area contributed by atoms with Gasteiger partial charge in [0.25, 0.3) is 0 Å². The smallest absolute Gasteiger partial charge is 0.375 e. The standard InChI is InChI=1S/C9H14O5/c1-3-14-9(13)8(12)5-7(11)4-6(2)10/h6,10H,3-5H2,1-2H3. The summed E-state index contributed by atoms with van der Waals surface area (Å²) in [6.45, 7) is 3.12. The van der Waals surface area contributed by atoms with Gasteiger partial charge in [-0.15, -0.1) is 0 Å². The predicted molar refractivity (Wildman–Crippen MR) is 47.6 cm³/mol. The summed E-state index contributed by atoms with van der Waals surface area (Å²) in [5.41, 5.74) is 0. The molecule has 1 atom stereocenters. The number of esters is 1. The van der Waals surface area contributed by atoms with Crippen LogP contribution < -0.4 is 0 Å². The molecule has 0 aromatic rings. The fraction of sp³-hybridized carbons (Fsp3) is 0.667. The molecule has 0 fully saturated rings. The van der Waals surface area contributed by atoms with Gasteiger partial charge in [0.05, 0.1) is 19.1 Å². The van der Waals surface area contributed by atoms with Crippen molar-refractivity contribution in [1.82, 2.24) is 0 Å². The average molecular weight is 202 g/mol. The summed E-state index contributed by atoms with van der Waals surface area (Å²) in [4.78, 5) is 32.7. The second-order valence-electron chi connectivity index (χ2n) is 2.91. The fourth-order valence-electron chi connectivity index (χ4n) is 0.864. The minimum atomic E-state index is -0.994. The van der Waals surface area contributed by atoms with Crippen LogP contribution in [0.1, 0.15) is 26.7 Å². The van der Waals surface area contributed by atoms with E-state index in [1.807, 2.05) is 0 Å². The maximum absolute atomic E-state index is 11.0. The third kappa shape index (κ3) is 5.42. The Morgan fingerprint density at radius 1 is 1.36 bits per heavy atom. The first-order valence-corrected chi connectivity index (χ1v) is 4.37. The van der Waals surface area contributed by atoms with Crippen LogP contribution in [0.2, 0.25) is 0 Å². The van der Waals surface area contributed by atoms with Crippen LogP contribution in [-0.2, 0) is 19.1 Å². The summed E-state index contributed by atoms with van der Waals surface area (Å²) >= 11 is 0. The maximum atomic E-state index is 11.0. The van der Waals surface area contributed by atoms with Gasteiger partial charge in [-0.25, -0.2) is 4.79 Å². The molecule has 0 radical (unpaired) electrons. The number of aliphatic hydroxyl groups excluding tert-OH is 1. The first-order chi connectivity index (χ1) is 6.47. The van der Waals surface area contributed by atoms with Gasteiger partial charge in [0, 0.05) is 6.42 Å². The van der Waals surface area contributed by atoms with Crippen LogP contribution >= 0.6 is 0 Å². The minimum absolute atomic E-state index is 0.106.